The van der Waals surface area contributed by atoms with E-state index in [9.17, 15) is 13.2 Å². The highest BCUT2D eigenvalue weighted by Crippen LogP contribution is 2.32. The number of likely N-dealkylation sites (N-methyl/N-ethyl adjacent to an activating group) is 1. The van der Waals surface area contributed by atoms with Gasteiger partial charge in [-0.1, -0.05) is 29.8 Å². The first-order valence-electron chi connectivity index (χ1n) is 11.5. The van der Waals surface area contributed by atoms with Crippen LogP contribution in [0.2, 0.25) is 0 Å². The summed E-state index contributed by atoms with van der Waals surface area (Å²) in [4.78, 5) is 15.4. The number of hydrogen-bond acceptors (Lipinski definition) is 5. The quantitative estimate of drug-likeness (QED) is 0.644. The van der Waals surface area contributed by atoms with Crippen LogP contribution in [0.5, 0.6) is 11.5 Å². The van der Waals surface area contributed by atoms with Gasteiger partial charge in [-0.2, -0.15) is 4.31 Å². The fourth-order valence-corrected chi connectivity index (χ4v) is 6.28. The lowest BCUT2D eigenvalue weighted by Gasteiger charge is -2.35. The summed E-state index contributed by atoms with van der Waals surface area (Å²) >= 11 is 0. The van der Waals surface area contributed by atoms with Crippen molar-refractivity contribution in [1.82, 2.24) is 9.21 Å². The number of carbonyl (C=O) groups excluding carboxylic acids is 1. The van der Waals surface area contributed by atoms with E-state index in [1.54, 1.807) is 11.0 Å². The minimum Gasteiger partial charge on any atom is -0.486 e. The average Bonchev–Trinajstić information content (AvgIpc) is 2.82. The lowest BCUT2D eigenvalue weighted by atomic mass is 9.96. The molecule has 1 unspecified atom stereocenters. The number of hydrogen-bond donors (Lipinski definition) is 0. The van der Waals surface area contributed by atoms with E-state index in [4.69, 9.17) is 9.47 Å². The largest absolute Gasteiger partial charge is 0.486 e. The third-order valence-electron chi connectivity index (χ3n) is 6.44. The molecule has 178 valence electrons. The maximum absolute atomic E-state index is 13.2. The predicted octanol–water partition coefficient (Wildman–Crippen LogP) is 3.39. The maximum atomic E-state index is 13.2. The van der Waals surface area contributed by atoms with Crippen molar-refractivity contribution in [2.24, 2.45) is 5.92 Å². The van der Waals surface area contributed by atoms with Gasteiger partial charge in [0.2, 0.25) is 15.9 Å². The second kappa shape index (κ2) is 9.73. The molecule has 0 aromatic heterocycles. The standard InChI is InChI=1S/C25H32N2O5S/c1-4-26(16-21-17-31-22-7-5-6-8-23(22)32-21)25(28)20-11-13-27(14-12-20)33(29,30)24-10-9-18(2)15-19(24)3/h5-10,15,20-21H,4,11-14,16-17H2,1-3H3. The Kier molecular flexibility index (Phi) is 6.95. The number of nitrogens with zero attached hydrogens (tertiary/aromatic N) is 2. The summed E-state index contributed by atoms with van der Waals surface area (Å²) in [5.74, 6) is 1.29. The van der Waals surface area contributed by atoms with Crippen LogP contribution in [0.15, 0.2) is 47.4 Å². The van der Waals surface area contributed by atoms with Crippen LogP contribution in [0.4, 0.5) is 0 Å². The monoisotopic (exact) mass is 472 g/mol. The number of ether oxygens (including phenoxy) is 2. The first-order chi connectivity index (χ1) is 15.8. The topological polar surface area (TPSA) is 76.2 Å². The van der Waals surface area contributed by atoms with Crippen molar-refractivity contribution in [3.8, 4) is 11.5 Å². The van der Waals surface area contributed by atoms with Gasteiger partial charge in [-0.15, -0.1) is 0 Å². The Morgan fingerprint density at radius 1 is 1.09 bits per heavy atom. The second-order valence-electron chi connectivity index (χ2n) is 8.82. The van der Waals surface area contributed by atoms with Crippen LogP contribution in [-0.4, -0.2) is 62.4 Å². The van der Waals surface area contributed by atoms with Crippen LogP contribution < -0.4 is 9.47 Å². The number of para-hydroxylation sites is 2. The molecule has 1 fully saturated rings. The highest BCUT2D eigenvalue weighted by molar-refractivity contribution is 7.89. The number of benzene rings is 2. The Bertz CT molecular complexity index is 1110. The molecule has 8 heteroatoms. The van der Waals surface area contributed by atoms with Crippen LogP contribution in [-0.2, 0) is 14.8 Å². The van der Waals surface area contributed by atoms with E-state index in [0.29, 0.717) is 56.3 Å². The molecule has 0 N–H and O–H groups in total. The zero-order chi connectivity index (χ0) is 23.6. The first kappa shape index (κ1) is 23.6. The maximum Gasteiger partial charge on any atom is 0.243 e. The number of sulfonamides is 1. The van der Waals surface area contributed by atoms with Crippen LogP contribution >= 0.6 is 0 Å². The minimum absolute atomic E-state index is 0.0588. The van der Waals surface area contributed by atoms with Crippen molar-refractivity contribution >= 4 is 15.9 Å². The van der Waals surface area contributed by atoms with Gasteiger partial charge < -0.3 is 14.4 Å². The lowest BCUT2D eigenvalue weighted by Crippen LogP contribution is -2.48. The van der Waals surface area contributed by atoms with Gasteiger partial charge in [0.15, 0.2) is 17.6 Å². The molecule has 2 aromatic rings. The molecule has 1 atom stereocenters. The predicted molar refractivity (Wildman–Crippen MR) is 126 cm³/mol. The van der Waals surface area contributed by atoms with Crippen LogP contribution in [0.1, 0.15) is 30.9 Å². The van der Waals surface area contributed by atoms with Gasteiger partial charge in [0.1, 0.15) is 6.61 Å². The smallest absolute Gasteiger partial charge is 0.243 e. The number of piperidine rings is 1. The van der Waals surface area contributed by atoms with Gasteiger partial charge in [0.25, 0.3) is 0 Å². The molecule has 2 aliphatic heterocycles. The van der Waals surface area contributed by atoms with E-state index in [1.807, 2.05) is 57.2 Å². The molecule has 0 bridgehead atoms. The molecule has 0 saturated carbocycles. The Labute approximate surface area is 196 Å². The highest BCUT2D eigenvalue weighted by atomic mass is 32.2. The van der Waals surface area contributed by atoms with Crippen molar-refractivity contribution in [3.63, 3.8) is 0 Å². The molecule has 0 aliphatic carbocycles. The van der Waals surface area contributed by atoms with E-state index in [2.05, 4.69) is 0 Å². The summed E-state index contributed by atoms with van der Waals surface area (Å²) in [5.41, 5.74) is 1.79. The molecule has 2 heterocycles. The number of rotatable bonds is 6. The number of carbonyl (C=O) groups is 1. The summed E-state index contributed by atoms with van der Waals surface area (Å²) < 4.78 is 39.6. The number of amides is 1. The molecule has 2 aliphatic rings. The lowest BCUT2D eigenvalue weighted by molar-refractivity contribution is -0.138. The molecule has 0 radical (unpaired) electrons. The third kappa shape index (κ3) is 5.01. The second-order valence-corrected chi connectivity index (χ2v) is 10.7. The summed E-state index contributed by atoms with van der Waals surface area (Å²) in [6.07, 6.45) is 0.808. The zero-order valence-corrected chi connectivity index (χ0v) is 20.3. The Morgan fingerprint density at radius 2 is 1.79 bits per heavy atom. The molecule has 33 heavy (non-hydrogen) atoms. The fraction of sp³-hybridized carbons (Fsp3) is 0.480. The van der Waals surface area contributed by atoms with Gasteiger partial charge in [0, 0.05) is 25.6 Å². The van der Waals surface area contributed by atoms with Gasteiger partial charge in [0.05, 0.1) is 11.4 Å². The summed E-state index contributed by atoms with van der Waals surface area (Å²) in [6, 6.07) is 12.9. The average molecular weight is 473 g/mol. The fourth-order valence-electron chi connectivity index (χ4n) is 4.60. The van der Waals surface area contributed by atoms with Crippen LogP contribution in [0.25, 0.3) is 0 Å². The third-order valence-corrected chi connectivity index (χ3v) is 8.50. The molecule has 0 spiro atoms. The van der Waals surface area contributed by atoms with Gasteiger partial charge in [-0.25, -0.2) is 8.42 Å². The van der Waals surface area contributed by atoms with Crippen LogP contribution in [0, 0.1) is 19.8 Å². The van der Waals surface area contributed by atoms with Crippen molar-refractivity contribution < 1.29 is 22.7 Å². The van der Waals surface area contributed by atoms with E-state index in [1.165, 1.54) is 4.31 Å². The van der Waals surface area contributed by atoms with Crippen molar-refractivity contribution in [3.05, 3.63) is 53.6 Å². The molecule has 7 nitrogen and oxygen atoms in total. The minimum atomic E-state index is -3.56. The van der Waals surface area contributed by atoms with E-state index < -0.39 is 10.0 Å². The Balaban J connectivity index is 1.36. The SMILES string of the molecule is CCN(CC1COc2ccccc2O1)C(=O)C1CCN(S(=O)(=O)c2ccc(C)cc2C)CC1. The highest BCUT2D eigenvalue weighted by Gasteiger charge is 2.35. The molecule has 1 amide bonds. The van der Waals surface area contributed by atoms with Crippen molar-refractivity contribution in [2.45, 2.75) is 44.6 Å². The van der Waals surface area contributed by atoms with E-state index in [0.717, 1.165) is 16.9 Å². The van der Waals surface area contributed by atoms with E-state index >= 15 is 0 Å². The summed E-state index contributed by atoms with van der Waals surface area (Å²) in [7, 11) is -3.56. The first-order valence-corrected chi connectivity index (χ1v) is 13.0. The van der Waals surface area contributed by atoms with Crippen molar-refractivity contribution in [2.75, 3.05) is 32.8 Å². The van der Waals surface area contributed by atoms with E-state index in [-0.39, 0.29) is 17.9 Å². The summed E-state index contributed by atoms with van der Waals surface area (Å²) in [5, 5.41) is 0. The normalized spacial score (nSPS) is 19.3. The molecular weight excluding hydrogens is 440 g/mol. The Morgan fingerprint density at radius 3 is 2.45 bits per heavy atom. The van der Waals surface area contributed by atoms with Crippen LogP contribution in [0.3, 0.4) is 0 Å². The molecule has 4 rings (SSSR count). The van der Waals surface area contributed by atoms with Crippen molar-refractivity contribution in [1.29, 1.82) is 0 Å². The summed E-state index contributed by atoms with van der Waals surface area (Å²) in [6.45, 7) is 7.84. The molecule has 2 aromatic carbocycles. The number of aryl methyl sites for hydroxylation is 2. The molecular formula is C25H32N2O5S. The van der Waals surface area contributed by atoms with Gasteiger partial charge >= 0.3 is 0 Å². The van der Waals surface area contributed by atoms with Gasteiger partial charge in [-0.05, 0) is 57.4 Å². The number of fused-ring (bicyclic) bond motifs is 1. The Hall–Kier alpha value is -2.58. The molecule has 1 saturated heterocycles. The zero-order valence-electron chi connectivity index (χ0n) is 19.5. The van der Waals surface area contributed by atoms with Gasteiger partial charge in [-0.3, -0.25) is 4.79 Å².